The second-order valence-electron chi connectivity index (χ2n) is 4.82. The highest BCUT2D eigenvalue weighted by molar-refractivity contribution is 7.90. The van der Waals surface area contributed by atoms with Gasteiger partial charge >= 0.3 is 0 Å². The van der Waals surface area contributed by atoms with Crippen LogP contribution >= 0.6 is 0 Å². The van der Waals surface area contributed by atoms with E-state index in [1.807, 2.05) is 0 Å². The lowest BCUT2D eigenvalue weighted by molar-refractivity contribution is 0.581. The first kappa shape index (κ1) is 17.5. The Morgan fingerprint density at radius 2 is 1.78 bits per heavy atom. The molecule has 3 N–H and O–H groups in total. The SMILES string of the molecule is Cc1cnc(CCNS(=O)(=O)c2cccc(S(N)(=O)=O)c2)cn1. The average molecular weight is 356 g/mol. The molecule has 0 unspecified atom stereocenters. The molecule has 0 bridgehead atoms. The van der Waals surface area contributed by atoms with Crippen molar-refractivity contribution in [3.8, 4) is 0 Å². The van der Waals surface area contributed by atoms with E-state index in [-0.39, 0.29) is 16.3 Å². The lowest BCUT2D eigenvalue weighted by Gasteiger charge is -2.07. The first-order chi connectivity index (χ1) is 10.7. The van der Waals surface area contributed by atoms with E-state index in [0.717, 1.165) is 11.8 Å². The maximum absolute atomic E-state index is 12.2. The van der Waals surface area contributed by atoms with Crippen LogP contribution in [0.2, 0.25) is 0 Å². The largest absolute Gasteiger partial charge is 0.258 e. The Bertz CT molecular complexity index is 894. The van der Waals surface area contributed by atoms with Crippen molar-refractivity contribution in [1.29, 1.82) is 0 Å². The van der Waals surface area contributed by atoms with Gasteiger partial charge in [-0.3, -0.25) is 9.97 Å². The minimum atomic E-state index is -3.96. The van der Waals surface area contributed by atoms with Crippen molar-refractivity contribution < 1.29 is 16.8 Å². The van der Waals surface area contributed by atoms with E-state index in [1.165, 1.54) is 18.2 Å². The van der Waals surface area contributed by atoms with Gasteiger partial charge in [-0.15, -0.1) is 0 Å². The Kier molecular flexibility index (Phi) is 5.09. The third-order valence-corrected chi connectivity index (χ3v) is 5.32. The van der Waals surface area contributed by atoms with Crippen molar-refractivity contribution in [2.75, 3.05) is 6.54 Å². The Morgan fingerprint density at radius 3 is 2.39 bits per heavy atom. The molecule has 0 fully saturated rings. The summed E-state index contributed by atoms with van der Waals surface area (Å²) in [7, 11) is -7.80. The standard InChI is InChI=1S/C13H16N4O4S2/c1-10-8-16-11(9-15-10)5-6-17-23(20,21)13-4-2-3-12(7-13)22(14,18)19/h2-4,7-9,17H,5-6H2,1H3,(H2,14,18,19). The van der Waals surface area contributed by atoms with Crippen LogP contribution in [0.1, 0.15) is 11.4 Å². The summed E-state index contributed by atoms with van der Waals surface area (Å²) in [4.78, 5) is 7.77. The molecule has 124 valence electrons. The molecule has 0 amide bonds. The van der Waals surface area contributed by atoms with Crippen LogP contribution in [-0.4, -0.2) is 33.3 Å². The minimum Gasteiger partial charge on any atom is -0.258 e. The van der Waals surface area contributed by atoms with Gasteiger partial charge in [0.05, 0.1) is 21.2 Å². The van der Waals surface area contributed by atoms with Crippen LogP contribution in [0.4, 0.5) is 0 Å². The molecular weight excluding hydrogens is 340 g/mol. The number of nitrogens with zero attached hydrogens (tertiary/aromatic N) is 2. The molecule has 0 saturated carbocycles. The first-order valence-electron chi connectivity index (χ1n) is 6.58. The molecule has 2 rings (SSSR count). The van der Waals surface area contributed by atoms with Gasteiger partial charge in [0, 0.05) is 25.4 Å². The highest BCUT2D eigenvalue weighted by atomic mass is 32.2. The van der Waals surface area contributed by atoms with E-state index >= 15 is 0 Å². The summed E-state index contributed by atoms with van der Waals surface area (Å²) in [6, 6.07) is 4.86. The smallest absolute Gasteiger partial charge is 0.240 e. The summed E-state index contributed by atoms with van der Waals surface area (Å²) in [6.45, 7) is 1.91. The number of benzene rings is 1. The van der Waals surface area contributed by atoms with Crippen LogP contribution in [0, 0.1) is 6.92 Å². The fraction of sp³-hybridized carbons (Fsp3) is 0.231. The quantitative estimate of drug-likeness (QED) is 0.746. The van der Waals surface area contributed by atoms with Crippen molar-refractivity contribution >= 4 is 20.0 Å². The number of primary sulfonamides is 1. The van der Waals surface area contributed by atoms with Crippen molar-refractivity contribution in [2.24, 2.45) is 5.14 Å². The van der Waals surface area contributed by atoms with Gasteiger partial charge in [-0.05, 0) is 25.1 Å². The summed E-state index contributed by atoms with van der Waals surface area (Å²) in [5.41, 5.74) is 1.42. The third-order valence-electron chi connectivity index (χ3n) is 2.95. The highest BCUT2D eigenvalue weighted by Gasteiger charge is 2.17. The van der Waals surface area contributed by atoms with Crippen molar-refractivity contribution in [2.45, 2.75) is 23.1 Å². The third kappa shape index (κ3) is 4.79. The number of hydrogen-bond donors (Lipinski definition) is 2. The Labute approximate surface area is 134 Å². The molecule has 1 aromatic carbocycles. The molecule has 0 aliphatic heterocycles. The zero-order valence-corrected chi connectivity index (χ0v) is 13.9. The summed E-state index contributed by atoms with van der Waals surface area (Å²) >= 11 is 0. The van der Waals surface area contributed by atoms with Gasteiger partial charge < -0.3 is 0 Å². The molecule has 1 aromatic heterocycles. The van der Waals surface area contributed by atoms with Crippen LogP contribution in [0.3, 0.4) is 0 Å². The Hall–Kier alpha value is -1.88. The lowest BCUT2D eigenvalue weighted by Crippen LogP contribution is -2.26. The van der Waals surface area contributed by atoms with Crippen LogP contribution in [0.25, 0.3) is 0 Å². The molecule has 23 heavy (non-hydrogen) atoms. The zero-order valence-electron chi connectivity index (χ0n) is 12.3. The number of aromatic nitrogens is 2. The van der Waals surface area contributed by atoms with E-state index in [1.54, 1.807) is 19.3 Å². The van der Waals surface area contributed by atoms with Gasteiger partial charge in [-0.1, -0.05) is 6.07 Å². The normalized spacial score (nSPS) is 12.3. The van der Waals surface area contributed by atoms with Crippen LogP contribution in [-0.2, 0) is 26.5 Å². The van der Waals surface area contributed by atoms with Gasteiger partial charge in [0.15, 0.2) is 0 Å². The van der Waals surface area contributed by atoms with Crippen molar-refractivity contribution in [1.82, 2.24) is 14.7 Å². The van der Waals surface area contributed by atoms with Gasteiger partial charge in [0.2, 0.25) is 20.0 Å². The lowest BCUT2D eigenvalue weighted by atomic mass is 10.3. The number of sulfonamides is 2. The Morgan fingerprint density at radius 1 is 1.09 bits per heavy atom. The fourth-order valence-corrected chi connectivity index (χ4v) is 3.47. The van der Waals surface area contributed by atoms with Crippen LogP contribution in [0.15, 0.2) is 46.5 Å². The monoisotopic (exact) mass is 356 g/mol. The van der Waals surface area contributed by atoms with Gasteiger partial charge in [0.25, 0.3) is 0 Å². The molecule has 8 nitrogen and oxygen atoms in total. The summed E-state index contributed by atoms with van der Waals surface area (Å²) < 4.78 is 49.3. The fourth-order valence-electron chi connectivity index (χ4n) is 1.76. The molecular formula is C13H16N4O4S2. The molecule has 0 spiro atoms. The summed E-state index contributed by atoms with van der Waals surface area (Å²) in [5.74, 6) is 0. The predicted octanol–water partition coefficient (Wildman–Crippen LogP) is -0.0466. The van der Waals surface area contributed by atoms with Gasteiger partial charge in [-0.2, -0.15) is 0 Å². The number of aryl methyl sites for hydroxylation is 1. The highest BCUT2D eigenvalue weighted by Crippen LogP contribution is 2.14. The number of nitrogens with one attached hydrogen (secondary N) is 1. The summed E-state index contributed by atoms with van der Waals surface area (Å²) in [6.07, 6.45) is 3.53. The maximum Gasteiger partial charge on any atom is 0.240 e. The molecule has 0 aliphatic carbocycles. The topological polar surface area (TPSA) is 132 Å². The van der Waals surface area contributed by atoms with E-state index in [2.05, 4.69) is 14.7 Å². The molecule has 1 heterocycles. The van der Waals surface area contributed by atoms with Crippen molar-refractivity contribution in [3.63, 3.8) is 0 Å². The second-order valence-corrected chi connectivity index (χ2v) is 8.15. The predicted molar refractivity (Wildman–Crippen MR) is 83.5 cm³/mol. The van der Waals surface area contributed by atoms with Crippen LogP contribution < -0.4 is 9.86 Å². The first-order valence-corrected chi connectivity index (χ1v) is 9.61. The van der Waals surface area contributed by atoms with Crippen molar-refractivity contribution in [3.05, 3.63) is 48.0 Å². The zero-order chi connectivity index (χ0) is 17.1. The van der Waals surface area contributed by atoms with E-state index in [0.29, 0.717) is 12.1 Å². The molecule has 10 heteroatoms. The Balaban J connectivity index is 2.08. The van der Waals surface area contributed by atoms with Crippen LogP contribution in [0.5, 0.6) is 0 Å². The maximum atomic E-state index is 12.2. The second kappa shape index (κ2) is 6.71. The summed E-state index contributed by atoms with van der Waals surface area (Å²) in [5, 5.41) is 5.00. The van der Waals surface area contributed by atoms with Gasteiger partial charge in [0.1, 0.15) is 0 Å². The number of hydrogen-bond acceptors (Lipinski definition) is 6. The van der Waals surface area contributed by atoms with E-state index < -0.39 is 20.0 Å². The van der Waals surface area contributed by atoms with E-state index in [9.17, 15) is 16.8 Å². The molecule has 0 atom stereocenters. The molecule has 0 radical (unpaired) electrons. The number of rotatable bonds is 6. The molecule has 0 saturated heterocycles. The van der Waals surface area contributed by atoms with E-state index in [4.69, 9.17) is 5.14 Å². The average Bonchev–Trinajstić information content (AvgIpc) is 2.48. The molecule has 0 aliphatic rings. The van der Waals surface area contributed by atoms with Gasteiger partial charge in [-0.25, -0.2) is 26.7 Å². The minimum absolute atomic E-state index is 0.111. The molecule has 2 aromatic rings. The number of nitrogens with two attached hydrogens (primary N) is 1.